The Morgan fingerprint density at radius 2 is 2.00 bits per heavy atom. The van der Waals surface area contributed by atoms with Crippen LogP contribution in [-0.4, -0.2) is 44.4 Å². The number of aliphatic carboxylic acids is 1. The molecule has 0 amide bonds. The van der Waals surface area contributed by atoms with Crippen LogP contribution < -0.4 is 0 Å². The molecular formula is C24H24F3N3O2. The van der Waals surface area contributed by atoms with E-state index in [9.17, 15) is 9.18 Å². The van der Waals surface area contributed by atoms with Crippen LogP contribution in [0.4, 0.5) is 13.2 Å². The fourth-order valence-electron chi connectivity index (χ4n) is 4.55. The van der Waals surface area contributed by atoms with Gasteiger partial charge in [-0.1, -0.05) is 6.07 Å². The topological polar surface area (TPSA) is 69.2 Å². The molecular weight excluding hydrogens is 419 g/mol. The number of rotatable bonds is 5. The molecule has 1 aliphatic rings. The summed E-state index contributed by atoms with van der Waals surface area (Å²) in [5.74, 6) is -2.84. The number of alkyl halides is 1. The second-order valence-electron chi connectivity index (χ2n) is 8.88. The van der Waals surface area contributed by atoms with Crippen LogP contribution in [0.2, 0.25) is 0 Å². The molecule has 2 N–H and O–H groups in total. The SMILES string of the molecule is C[C@@H]1Cc2c(ccc3[nH]ncc23)[C@@H](c2c(F)cc(/C=C/C(=O)O)cc2F)N1CC(C)(C)F. The van der Waals surface area contributed by atoms with Crippen LogP contribution in [0.1, 0.15) is 49.1 Å². The number of halogens is 3. The van der Waals surface area contributed by atoms with Crippen molar-refractivity contribution in [1.29, 1.82) is 0 Å². The van der Waals surface area contributed by atoms with Crippen LogP contribution in [0.25, 0.3) is 17.0 Å². The predicted octanol–water partition coefficient (Wildman–Crippen LogP) is 5.02. The first-order valence-electron chi connectivity index (χ1n) is 10.3. The van der Waals surface area contributed by atoms with Gasteiger partial charge in [0.25, 0.3) is 0 Å². The van der Waals surface area contributed by atoms with Crippen molar-refractivity contribution in [2.24, 2.45) is 0 Å². The average molecular weight is 443 g/mol. The molecule has 1 aromatic heterocycles. The van der Waals surface area contributed by atoms with Crippen molar-refractivity contribution < 1.29 is 23.1 Å². The molecule has 1 aliphatic heterocycles. The first-order chi connectivity index (χ1) is 15.0. The number of fused-ring (bicyclic) bond motifs is 3. The molecule has 2 heterocycles. The molecule has 0 saturated heterocycles. The van der Waals surface area contributed by atoms with E-state index < -0.39 is 29.3 Å². The zero-order chi connectivity index (χ0) is 23.2. The van der Waals surface area contributed by atoms with E-state index in [1.807, 2.05) is 19.1 Å². The van der Waals surface area contributed by atoms with E-state index in [0.29, 0.717) is 12.0 Å². The lowest BCUT2D eigenvalue weighted by molar-refractivity contribution is -0.131. The summed E-state index contributed by atoms with van der Waals surface area (Å²) in [5.41, 5.74) is 0.781. The Labute approximate surface area is 183 Å². The van der Waals surface area contributed by atoms with Crippen LogP contribution in [0.5, 0.6) is 0 Å². The second kappa shape index (κ2) is 8.09. The molecule has 0 unspecified atom stereocenters. The minimum absolute atomic E-state index is 0.0127. The molecule has 5 nitrogen and oxygen atoms in total. The number of H-pyrrole nitrogens is 1. The van der Waals surface area contributed by atoms with Crippen molar-refractivity contribution in [3.8, 4) is 0 Å². The third kappa shape index (κ3) is 4.14. The number of carboxylic acid groups (broad SMARTS) is 1. The molecule has 2 aromatic carbocycles. The number of carboxylic acids is 1. The maximum absolute atomic E-state index is 15.3. The Morgan fingerprint density at radius 1 is 1.31 bits per heavy atom. The smallest absolute Gasteiger partial charge is 0.328 e. The van der Waals surface area contributed by atoms with Gasteiger partial charge in [-0.15, -0.1) is 0 Å². The van der Waals surface area contributed by atoms with Gasteiger partial charge in [0.2, 0.25) is 0 Å². The highest BCUT2D eigenvalue weighted by molar-refractivity contribution is 5.85. The number of aromatic amines is 1. The van der Waals surface area contributed by atoms with Crippen LogP contribution in [-0.2, 0) is 11.2 Å². The number of nitrogens with zero attached hydrogens (tertiary/aromatic N) is 2. The van der Waals surface area contributed by atoms with Gasteiger partial charge in [0, 0.05) is 29.6 Å². The summed E-state index contributed by atoms with van der Waals surface area (Å²) in [5, 5.41) is 16.7. The van der Waals surface area contributed by atoms with Gasteiger partial charge in [0.05, 0.1) is 17.8 Å². The number of nitrogens with one attached hydrogen (secondary N) is 1. The lowest BCUT2D eigenvalue weighted by Gasteiger charge is -2.44. The lowest BCUT2D eigenvalue weighted by Crippen LogP contribution is -2.48. The lowest BCUT2D eigenvalue weighted by atomic mass is 9.82. The first-order valence-corrected chi connectivity index (χ1v) is 10.3. The summed E-state index contributed by atoms with van der Waals surface area (Å²) < 4.78 is 45.4. The molecule has 168 valence electrons. The van der Waals surface area contributed by atoms with E-state index in [-0.39, 0.29) is 23.7 Å². The molecule has 0 bridgehead atoms. The Kier molecular flexibility index (Phi) is 5.58. The van der Waals surface area contributed by atoms with Crippen molar-refractivity contribution in [1.82, 2.24) is 15.1 Å². The zero-order valence-corrected chi connectivity index (χ0v) is 18.0. The van der Waals surface area contributed by atoms with Gasteiger partial charge in [-0.2, -0.15) is 5.10 Å². The highest BCUT2D eigenvalue weighted by Crippen LogP contribution is 2.43. The predicted molar refractivity (Wildman–Crippen MR) is 116 cm³/mol. The molecule has 0 aliphatic carbocycles. The maximum atomic E-state index is 15.3. The Balaban J connectivity index is 1.91. The molecule has 0 fully saturated rings. The maximum Gasteiger partial charge on any atom is 0.328 e. The quantitative estimate of drug-likeness (QED) is 0.543. The number of hydrogen-bond acceptors (Lipinski definition) is 3. The highest BCUT2D eigenvalue weighted by atomic mass is 19.1. The summed E-state index contributed by atoms with van der Waals surface area (Å²) in [6.45, 7) is 4.79. The van der Waals surface area contributed by atoms with E-state index in [0.717, 1.165) is 40.8 Å². The molecule has 3 aromatic rings. The molecule has 0 spiro atoms. The Hall–Kier alpha value is -3.13. The largest absolute Gasteiger partial charge is 0.478 e. The van der Waals surface area contributed by atoms with Crippen molar-refractivity contribution in [3.05, 3.63) is 70.4 Å². The highest BCUT2D eigenvalue weighted by Gasteiger charge is 2.39. The number of aromatic nitrogens is 2. The van der Waals surface area contributed by atoms with Crippen molar-refractivity contribution in [3.63, 3.8) is 0 Å². The Morgan fingerprint density at radius 3 is 2.62 bits per heavy atom. The van der Waals surface area contributed by atoms with Gasteiger partial charge < -0.3 is 5.11 Å². The Bertz CT molecular complexity index is 1190. The standard InChI is InChI=1S/C24H24F3N3O2/c1-13-8-16-15(5-6-20-17(16)11-28-29-20)23(30(13)12-24(2,3)27)22-18(25)9-14(10-19(22)26)4-7-21(31)32/h4-7,9-11,13,23H,8,12H2,1-3H3,(H,28,29)(H,31,32)/b7-4+/t13-,23+/m1/s1. The van der Waals surface area contributed by atoms with Gasteiger partial charge in [0.15, 0.2) is 0 Å². The van der Waals surface area contributed by atoms with Crippen molar-refractivity contribution >= 4 is 22.9 Å². The van der Waals surface area contributed by atoms with Gasteiger partial charge in [-0.3, -0.25) is 10.00 Å². The van der Waals surface area contributed by atoms with Gasteiger partial charge >= 0.3 is 5.97 Å². The summed E-state index contributed by atoms with van der Waals surface area (Å²) in [4.78, 5) is 12.6. The molecule has 8 heteroatoms. The van der Waals surface area contributed by atoms with Crippen LogP contribution in [0.3, 0.4) is 0 Å². The van der Waals surface area contributed by atoms with E-state index in [1.165, 1.54) is 13.8 Å². The fraction of sp³-hybridized carbons (Fsp3) is 0.333. The van der Waals surface area contributed by atoms with Crippen molar-refractivity contribution in [2.45, 2.75) is 44.9 Å². The third-order valence-electron chi connectivity index (χ3n) is 5.82. The molecule has 32 heavy (non-hydrogen) atoms. The van der Waals surface area contributed by atoms with Gasteiger partial charge in [-0.25, -0.2) is 18.0 Å². The summed E-state index contributed by atoms with van der Waals surface area (Å²) in [6.07, 6.45) is 4.23. The van der Waals surface area contributed by atoms with Gasteiger partial charge in [0.1, 0.15) is 17.3 Å². The van der Waals surface area contributed by atoms with Crippen LogP contribution >= 0.6 is 0 Å². The minimum Gasteiger partial charge on any atom is -0.478 e. The monoisotopic (exact) mass is 443 g/mol. The van der Waals surface area contributed by atoms with E-state index in [4.69, 9.17) is 5.11 Å². The summed E-state index contributed by atoms with van der Waals surface area (Å²) >= 11 is 0. The van der Waals surface area contributed by atoms with Gasteiger partial charge in [-0.05, 0) is 68.2 Å². The number of benzene rings is 2. The normalized spacial score (nSPS) is 19.6. The second-order valence-corrected chi connectivity index (χ2v) is 8.88. The van der Waals surface area contributed by atoms with E-state index in [1.54, 1.807) is 11.1 Å². The summed E-state index contributed by atoms with van der Waals surface area (Å²) in [6, 6.07) is 4.79. The number of hydrogen-bond donors (Lipinski definition) is 2. The van der Waals surface area contributed by atoms with Crippen LogP contribution in [0, 0.1) is 11.6 Å². The molecule has 4 rings (SSSR count). The van der Waals surface area contributed by atoms with E-state index in [2.05, 4.69) is 10.2 Å². The minimum atomic E-state index is -1.58. The zero-order valence-electron chi connectivity index (χ0n) is 18.0. The third-order valence-corrected chi connectivity index (χ3v) is 5.82. The average Bonchev–Trinajstić information content (AvgIpc) is 3.16. The molecule has 0 saturated carbocycles. The first kappa shape index (κ1) is 22.1. The fourth-order valence-corrected chi connectivity index (χ4v) is 4.55. The summed E-state index contributed by atoms with van der Waals surface area (Å²) in [7, 11) is 0. The number of carbonyl (C=O) groups is 1. The molecule has 2 atom stereocenters. The molecule has 0 radical (unpaired) electrons. The van der Waals surface area contributed by atoms with Crippen molar-refractivity contribution in [2.75, 3.05) is 6.54 Å². The van der Waals surface area contributed by atoms with Crippen LogP contribution in [0.15, 0.2) is 36.5 Å². The van der Waals surface area contributed by atoms with E-state index >= 15 is 8.78 Å².